The lowest BCUT2D eigenvalue weighted by Crippen LogP contribution is -3.08. The molecule has 0 saturated heterocycles. The summed E-state index contributed by atoms with van der Waals surface area (Å²) < 4.78 is 10.9. The Labute approximate surface area is 176 Å². The number of carbonyl (C=O) groups excluding carboxylic acids is 1. The molecule has 4 rings (SSSR count). The molecule has 6 nitrogen and oxygen atoms in total. The highest BCUT2D eigenvalue weighted by atomic mass is 16.5. The predicted octanol–water partition coefficient (Wildman–Crippen LogP) is 2.68. The summed E-state index contributed by atoms with van der Waals surface area (Å²) in [6.45, 7) is 1.13. The van der Waals surface area contributed by atoms with Gasteiger partial charge in [-0.15, -0.1) is 0 Å². The van der Waals surface area contributed by atoms with Crippen molar-refractivity contribution in [3.63, 3.8) is 0 Å². The van der Waals surface area contributed by atoms with Crippen LogP contribution in [0.3, 0.4) is 0 Å². The summed E-state index contributed by atoms with van der Waals surface area (Å²) in [6.07, 6.45) is 2.25. The molecule has 2 aromatic carbocycles. The normalized spacial score (nSPS) is 16.9. The van der Waals surface area contributed by atoms with E-state index in [2.05, 4.69) is 12.1 Å². The second kappa shape index (κ2) is 8.97. The number of hydrazone groups is 1. The first-order chi connectivity index (χ1) is 14.6. The third-order valence-corrected chi connectivity index (χ3v) is 5.26. The SMILES string of the molecule is COc1ccc(C2=NN(C(=O)C[NH+](C)Cc3ccccc3)[C@@H](c3ccco3)C2)cc1. The Kier molecular flexibility index (Phi) is 5.95. The molecule has 1 aliphatic heterocycles. The van der Waals surface area contributed by atoms with E-state index >= 15 is 0 Å². The van der Waals surface area contributed by atoms with Crippen LogP contribution < -0.4 is 9.64 Å². The quantitative estimate of drug-likeness (QED) is 0.659. The molecule has 2 heterocycles. The lowest BCUT2D eigenvalue weighted by atomic mass is 10.0. The maximum Gasteiger partial charge on any atom is 0.298 e. The number of methoxy groups -OCH3 is 1. The van der Waals surface area contributed by atoms with E-state index in [1.165, 1.54) is 5.56 Å². The zero-order valence-electron chi connectivity index (χ0n) is 17.2. The fraction of sp³-hybridized carbons (Fsp3) is 0.250. The molecule has 0 fully saturated rings. The molecule has 0 spiro atoms. The van der Waals surface area contributed by atoms with Gasteiger partial charge in [0.2, 0.25) is 0 Å². The number of rotatable bonds is 7. The maximum absolute atomic E-state index is 13.2. The molecule has 1 aliphatic rings. The van der Waals surface area contributed by atoms with E-state index < -0.39 is 0 Å². The first-order valence-electron chi connectivity index (χ1n) is 10.1. The Balaban J connectivity index is 1.52. The highest BCUT2D eigenvalue weighted by Crippen LogP contribution is 2.33. The molecule has 154 valence electrons. The van der Waals surface area contributed by atoms with Crippen molar-refractivity contribution in [1.82, 2.24) is 5.01 Å². The zero-order chi connectivity index (χ0) is 20.9. The van der Waals surface area contributed by atoms with Crippen molar-refractivity contribution in [2.45, 2.75) is 19.0 Å². The second-order valence-corrected chi connectivity index (χ2v) is 7.55. The number of ether oxygens (including phenoxy) is 1. The zero-order valence-corrected chi connectivity index (χ0v) is 17.2. The monoisotopic (exact) mass is 404 g/mol. The minimum absolute atomic E-state index is 0.0201. The molecule has 30 heavy (non-hydrogen) atoms. The van der Waals surface area contributed by atoms with Gasteiger partial charge in [-0.05, 0) is 42.0 Å². The standard InChI is InChI=1S/C24H25N3O3/c1-26(16-18-7-4-3-5-8-18)17-24(28)27-22(23-9-6-14-30-23)15-21(25-27)19-10-12-20(29-2)13-11-19/h3-14,22H,15-17H2,1-2H3/p+1/t22-/m1/s1. The maximum atomic E-state index is 13.2. The van der Waals surface area contributed by atoms with Crippen LogP contribution in [-0.4, -0.2) is 37.3 Å². The van der Waals surface area contributed by atoms with E-state index in [4.69, 9.17) is 14.3 Å². The van der Waals surface area contributed by atoms with Crippen LogP contribution in [0.2, 0.25) is 0 Å². The van der Waals surface area contributed by atoms with Crippen LogP contribution in [0.1, 0.15) is 29.3 Å². The van der Waals surface area contributed by atoms with Crippen molar-refractivity contribution in [1.29, 1.82) is 0 Å². The van der Waals surface area contributed by atoms with Gasteiger partial charge in [-0.3, -0.25) is 4.79 Å². The number of nitrogens with zero attached hydrogens (tertiary/aromatic N) is 2. The van der Waals surface area contributed by atoms with Crippen molar-refractivity contribution in [2.75, 3.05) is 20.7 Å². The van der Waals surface area contributed by atoms with Crippen LogP contribution in [0.15, 0.2) is 82.5 Å². The number of furan rings is 1. The van der Waals surface area contributed by atoms with Gasteiger partial charge in [-0.25, -0.2) is 5.01 Å². The summed E-state index contributed by atoms with van der Waals surface area (Å²) in [4.78, 5) is 14.3. The first-order valence-corrected chi connectivity index (χ1v) is 10.1. The average molecular weight is 404 g/mol. The largest absolute Gasteiger partial charge is 0.497 e. The molecule has 0 aliphatic carbocycles. The lowest BCUT2D eigenvalue weighted by molar-refractivity contribution is -0.885. The molecule has 0 saturated carbocycles. The Morgan fingerprint density at radius 2 is 1.90 bits per heavy atom. The van der Waals surface area contributed by atoms with Crippen molar-refractivity contribution in [3.05, 3.63) is 89.9 Å². The van der Waals surface area contributed by atoms with Gasteiger partial charge in [-0.1, -0.05) is 30.3 Å². The topological polar surface area (TPSA) is 59.5 Å². The minimum Gasteiger partial charge on any atom is -0.497 e. The number of amides is 1. The van der Waals surface area contributed by atoms with Crippen LogP contribution in [-0.2, 0) is 11.3 Å². The van der Waals surface area contributed by atoms with Gasteiger partial charge in [0.25, 0.3) is 5.91 Å². The molecule has 1 amide bonds. The van der Waals surface area contributed by atoms with E-state index in [1.807, 2.05) is 61.6 Å². The number of carbonyl (C=O) groups is 1. The van der Waals surface area contributed by atoms with Crippen molar-refractivity contribution in [3.8, 4) is 5.75 Å². The Morgan fingerprint density at radius 3 is 2.57 bits per heavy atom. The van der Waals surface area contributed by atoms with Crippen molar-refractivity contribution in [2.24, 2.45) is 5.10 Å². The summed E-state index contributed by atoms with van der Waals surface area (Å²) in [5.74, 6) is 1.52. The van der Waals surface area contributed by atoms with Crippen molar-refractivity contribution < 1.29 is 18.8 Å². The minimum atomic E-state index is -0.228. The fourth-order valence-corrected chi connectivity index (χ4v) is 3.75. The predicted molar refractivity (Wildman–Crippen MR) is 114 cm³/mol. The van der Waals surface area contributed by atoms with Gasteiger partial charge in [0.15, 0.2) is 6.54 Å². The molecular weight excluding hydrogens is 378 g/mol. The number of benzene rings is 2. The second-order valence-electron chi connectivity index (χ2n) is 7.55. The summed E-state index contributed by atoms with van der Waals surface area (Å²) in [5.41, 5.74) is 3.05. The Morgan fingerprint density at radius 1 is 1.13 bits per heavy atom. The summed E-state index contributed by atoms with van der Waals surface area (Å²) >= 11 is 0. The Bertz CT molecular complexity index is 998. The van der Waals surface area contributed by atoms with Gasteiger partial charge >= 0.3 is 0 Å². The molecule has 2 atom stereocenters. The van der Waals surface area contributed by atoms with Gasteiger partial charge in [0.1, 0.15) is 24.1 Å². The third-order valence-electron chi connectivity index (χ3n) is 5.26. The summed E-state index contributed by atoms with van der Waals surface area (Å²) in [5, 5.41) is 6.29. The molecule has 1 aromatic heterocycles. The summed E-state index contributed by atoms with van der Waals surface area (Å²) in [7, 11) is 3.67. The molecular formula is C24H26N3O3+. The molecule has 0 bridgehead atoms. The smallest absolute Gasteiger partial charge is 0.298 e. The average Bonchev–Trinajstić information content (AvgIpc) is 3.44. The van der Waals surface area contributed by atoms with E-state index in [-0.39, 0.29) is 11.9 Å². The molecule has 3 aromatic rings. The van der Waals surface area contributed by atoms with E-state index in [9.17, 15) is 4.79 Å². The van der Waals surface area contributed by atoms with E-state index in [0.29, 0.717) is 13.0 Å². The highest BCUT2D eigenvalue weighted by molar-refractivity contribution is 6.03. The van der Waals surface area contributed by atoms with Crippen LogP contribution >= 0.6 is 0 Å². The lowest BCUT2D eigenvalue weighted by Gasteiger charge is -2.21. The summed E-state index contributed by atoms with van der Waals surface area (Å²) in [6, 6.07) is 21.5. The van der Waals surface area contributed by atoms with Gasteiger partial charge in [-0.2, -0.15) is 5.10 Å². The third kappa shape index (κ3) is 4.44. The van der Waals surface area contributed by atoms with Crippen molar-refractivity contribution >= 4 is 11.6 Å². The van der Waals surface area contributed by atoms with E-state index in [1.54, 1.807) is 18.4 Å². The van der Waals surface area contributed by atoms with Gasteiger partial charge < -0.3 is 14.1 Å². The van der Waals surface area contributed by atoms with E-state index in [0.717, 1.165) is 34.2 Å². The molecule has 6 heteroatoms. The van der Waals surface area contributed by atoms with Crippen LogP contribution in [0.5, 0.6) is 5.75 Å². The first kappa shape index (κ1) is 19.9. The fourth-order valence-electron chi connectivity index (χ4n) is 3.75. The molecule has 1 N–H and O–H groups in total. The van der Waals surface area contributed by atoms with Crippen LogP contribution in [0.25, 0.3) is 0 Å². The Hall–Kier alpha value is -3.38. The van der Waals surface area contributed by atoms with Crippen LogP contribution in [0, 0.1) is 0 Å². The molecule has 0 radical (unpaired) electrons. The molecule has 1 unspecified atom stereocenters. The highest BCUT2D eigenvalue weighted by Gasteiger charge is 2.35. The number of nitrogens with one attached hydrogen (secondary N) is 1. The number of hydrogen-bond donors (Lipinski definition) is 1. The number of hydrogen-bond acceptors (Lipinski definition) is 4. The number of quaternary nitrogens is 1. The van der Waals surface area contributed by atoms with Gasteiger partial charge in [0, 0.05) is 12.0 Å². The van der Waals surface area contributed by atoms with Crippen LogP contribution in [0.4, 0.5) is 0 Å². The van der Waals surface area contributed by atoms with Gasteiger partial charge in [0.05, 0.1) is 26.1 Å². The number of likely N-dealkylation sites (N-methyl/N-ethyl adjacent to an activating group) is 1.